The highest BCUT2D eigenvalue weighted by atomic mass is 79.9. The minimum atomic E-state index is -3.37. The summed E-state index contributed by atoms with van der Waals surface area (Å²) >= 11 is 3.14. The summed E-state index contributed by atoms with van der Waals surface area (Å²) in [7, 11) is -1.95. The Balaban J connectivity index is 2.97. The van der Waals surface area contributed by atoms with Gasteiger partial charge in [-0.1, -0.05) is 0 Å². The molecule has 0 amide bonds. The number of nitrogens with one attached hydrogen (secondary N) is 1. The lowest BCUT2D eigenvalue weighted by Gasteiger charge is -2.06. The first-order valence-corrected chi connectivity index (χ1v) is 7.08. The molecule has 1 rings (SSSR count). The maximum atomic E-state index is 10.8. The summed E-state index contributed by atoms with van der Waals surface area (Å²) in [5, 5.41) is 13.1. The predicted octanol–water partition coefficient (Wildman–Crippen LogP) is 1.05. The zero-order valence-electron chi connectivity index (χ0n) is 9.14. The van der Waals surface area contributed by atoms with Crippen molar-refractivity contribution < 1.29 is 18.3 Å². The molecular weight excluding hydrogens is 312 g/mol. The van der Waals surface area contributed by atoms with Crippen LogP contribution in [0.4, 0.5) is 0 Å². The molecular formula is C9H11BrN2O4S. The number of ether oxygens (including phenoxy) is 1. The van der Waals surface area contributed by atoms with Crippen LogP contribution in [0, 0.1) is 0 Å². The first-order valence-electron chi connectivity index (χ1n) is 4.40. The van der Waals surface area contributed by atoms with Crippen molar-refractivity contribution in [2.45, 2.75) is 0 Å². The van der Waals surface area contributed by atoms with E-state index < -0.39 is 10.0 Å². The molecule has 0 unspecified atom stereocenters. The van der Waals surface area contributed by atoms with Crippen LogP contribution < -0.4 is 9.57 Å². The van der Waals surface area contributed by atoms with Crippen molar-refractivity contribution in [2.24, 2.45) is 5.10 Å². The minimum Gasteiger partial charge on any atom is -0.503 e. The van der Waals surface area contributed by atoms with Crippen LogP contribution in [0.3, 0.4) is 0 Å². The predicted molar refractivity (Wildman–Crippen MR) is 67.9 cm³/mol. The van der Waals surface area contributed by atoms with Crippen LogP contribution in [0.1, 0.15) is 5.56 Å². The van der Waals surface area contributed by atoms with Gasteiger partial charge in [-0.3, -0.25) is 0 Å². The van der Waals surface area contributed by atoms with E-state index in [4.69, 9.17) is 4.74 Å². The van der Waals surface area contributed by atoms with Gasteiger partial charge in [-0.2, -0.15) is 5.10 Å². The molecule has 17 heavy (non-hydrogen) atoms. The van der Waals surface area contributed by atoms with E-state index in [0.717, 1.165) is 6.26 Å². The van der Waals surface area contributed by atoms with Gasteiger partial charge in [0, 0.05) is 0 Å². The molecule has 2 N–H and O–H groups in total. The van der Waals surface area contributed by atoms with E-state index in [2.05, 4.69) is 21.0 Å². The quantitative estimate of drug-likeness (QED) is 0.640. The summed E-state index contributed by atoms with van der Waals surface area (Å²) in [6, 6.07) is 3.10. The van der Waals surface area contributed by atoms with Crippen LogP contribution in [-0.2, 0) is 10.0 Å². The lowest BCUT2D eigenvalue weighted by molar-refractivity contribution is 0.372. The second-order valence-electron chi connectivity index (χ2n) is 3.18. The standard InChI is InChI=1S/C9H11BrN2O4S/c1-16-8-4-6(3-7(10)9(8)13)5-11-12-17(2,14)15/h3-5,12-13H,1-2H3/b11-5-. The Morgan fingerprint density at radius 3 is 2.71 bits per heavy atom. The van der Waals surface area contributed by atoms with E-state index in [1.54, 1.807) is 6.07 Å². The molecule has 0 fully saturated rings. The number of hydrogen-bond acceptors (Lipinski definition) is 5. The third-order valence-electron chi connectivity index (χ3n) is 1.70. The topological polar surface area (TPSA) is 88.0 Å². The number of aromatic hydroxyl groups is 1. The molecule has 0 saturated heterocycles. The van der Waals surface area contributed by atoms with E-state index in [1.807, 2.05) is 4.83 Å². The van der Waals surface area contributed by atoms with E-state index in [9.17, 15) is 13.5 Å². The molecule has 1 aromatic rings. The van der Waals surface area contributed by atoms with Crippen LogP contribution in [0.5, 0.6) is 11.5 Å². The highest BCUT2D eigenvalue weighted by molar-refractivity contribution is 9.10. The summed E-state index contributed by atoms with van der Waals surface area (Å²) in [4.78, 5) is 1.96. The summed E-state index contributed by atoms with van der Waals surface area (Å²) in [5.41, 5.74) is 0.572. The molecule has 0 bridgehead atoms. The van der Waals surface area contributed by atoms with E-state index >= 15 is 0 Å². The van der Waals surface area contributed by atoms with Gasteiger partial charge < -0.3 is 9.84 Å². The second kappa shape index (κ2) is 5.37. The second-order valence-corrected chi connectivity index (χ2v) is 5.76. The number of benzene rings is 1. The molecule has 0 aromatic heterocycles. The van der Waals surface area contributed by atoms with Gasteiger partial charge in [0.05, 0.1) is 24.1 Å². The molecule has 1 aromatic carbocycles. The molecule has 8 heteroatoms. The maximum Gasteiger partial charge on any atom is 0.244 e. The largest absolute Gasteiger partial charge is 0.503 e. The Bertz CT molecular complexity index is 542. The van der Waals surface area contributed by atoms with Crippen LogP contribution in [0.2, 0.25) is 0 Å². The van der Waals surface area contributed by atoms with Crippen molar-refractivity contribution in [1.82, 2.24) is 4.83 Å². The number of hydrazone groups is 1. The van der Waals surface area contributed by atoms with Gasteiger partial charge in [-0.25, -0.2) is 13.2 Å². The summed E-state index contributed by atoms with van der Waals surface area (Å²) in [6.45, 7) is 0. The zero-order valence-corrected chi connectivity index (χ0v) is 11.5. The van der Waals surface area contributed by atoms with Gasteiger partial charge in [0.15, 0.2) is 11.5 Å². The first kappa shape index (κ1) is 13.8. The summed E-state index contributed by atoms with van der Waals surface area (Å²) in [5.74, 6) is 0.237. The molecule has 0 aliphatic rings. The highest BCUT2D eigenvalue weighted by Gasteiger charge is 2.07. The van der Waals surface area contributed by atoms with Crippen molar-refractivity contribution in [3.63, 3.8) is 0 Å². The van der Waals surface area contributed by atoms with Crippen molar-refractivity contribution in [3.05, 3.63) is 22.2 Å². The zero-order chi connectivity index (χ0) is 13.1. The number of phenols is 1. The first-order chi connectivity index (χ1) is 7.83. The fraction of sp³-hybridized carbons (Fsp3) is 0.222. The average molecular weight is 323 g/mol. The molecule has 0 aliphatic heterocycles. The third kappa shape index (κ3) is 4.23. The summed E-state index contributed by atoms with van der Waals surface area (Å²) in [6.07, 6.45) is 2.30. The molecule has 0 heterocycles. The lowest BCUT2D eigenvalue weighted by atomic mass is 10.2. The van der Waals surface area contributed by atoms with Gasteiger partial charge in [0.25, 0.3) is 0 Å². The van der Waals surface area contributed by atoms with E-state index in [1.165, 1.54) is 19.4 Å². The molecule has 0 aliphatic carbocycles. The molecule has 0 atom stereocenters. The Morgan fingerprint density at radius 2 is 2.18 bits per heavy atom. The Kier molecular flexibility index (Phi) is 4.35. The molecule has 0 saturated carbocycles. The number of rotatable bonds is 4. The van der Waals surface area contributed by atoms with Crippen LogP contribution in [0.15, 0.2) is 21.7 Å². The third-order valence-corrected chi connectivity index (χ3v) is 2.74. The fourth-order valence-electron chi connectivity index (χ4n) is 1.02. The van der Waals surface area contributed by atoms with Crippen molar-refractivity contribution in [2.75, 3.05) is 13.4 Å². The van der Waals surface area contributed by atoms with E-state index in [0.29, 0.717) is 10.0 Å². The van der Waals surface area contributed by atoms with Gasteiger partial charge >= 0.3 is 0 Å². The number of sulfonamides is 1. The smallest absolute Gasteiger partial charge is 0.244 e. The van der Waals surface area contributed by atoms with Gasteiger partial charge in [0.2, 0.25) is 10.0 Å². The van der Waals surface area contributed by atoms with E-state index in [-0.39, 0.29) is 11.5 Å². The maximum absolute atomic E-state index is 10.8. The Hall–Kier alpha value is -1.28. The molecule has 0 radical (unpaired) electrons. The minimum absolute atomic E-state index is 0.0271. The van der Waals surface area contributed by atoms with Gasteiger partial charge in [0.1, 0.15) is 0 Å². The Labute approximate surface area is 107 Å². The fourth-order valence-corrected chi connectivity index (χ4v) is 1.72. The van der Waals surface area contributed by atoms with Crippen molar-refractivity contribution in [3.8, 4) is 11.5 Å². The van der Waals surface area contributed by atoms with Crippen molar-refractivity contribution in [1.29, 1.82) is 0 Å². The molecule has 94 valence electrons. The molecule has 6 nitrogen and oxygen atoms in total. The number of hydrogen-bond donors (Lipinski definition) is 2. The summed E-state index contributed by atoms with van der Waals surface area (Å²) < 4.78 is 26.9. The van der Waals surface area contributed by atoms with Crippen LogP contribution >= 0.6 is 15.9 Å². The Morgan fingerprint density at radius 1 is 1.53 bits per heavy atom. The number of nitrogens with zero attached hydrogens (tertiary/aromatic N) is 1. The highest BCUT2D eigenvalue weighted by Crippen LogP contribution is 2.34. The lowest BCUT2D eigenvalue weighted by Crippen LogP contribution is -2.15. The monoisotopic (exact) mass is 322 g/mol. The number of methoxy groups -OCH3 is 1. The number of halogens is 1. The van der Waals surface area contributed by atoms with Gasteiger partial charge in [-0.05, 0) is 33.6 Å². The molecule has 0 spiro atoms. The van der Waals surface area contributed by atoms with Crippen LogP contribution in [0.25, 0.3) is 0 Å². The normalized spacial score (nSPS) is 11.7. The SMILES string of the molecule is COc1cc(/C=N\NS(C)(=O)=O)cc(Br)c1O. The van der Waals surface area contributed by atoms with Gasteiger partial charge in [-0.15, -0.1) is 0 Å². The average Bonchev–Trinajstić information content (AvgIpc) is 2.21. The van der Waals surface area contributed by atoms with Crippen LogP contribution in [-0.4, -0.2) is 33.1 Å². The van der Waals surface area contributed by atoms with Crippen molar-refractivity contribution >= 4 is 32.2 Å². The number of phenolic OH excluding ortho intramolecular Hbond substituents is 1.